The van der Waals surface area contributed by atoms with Gasteiger partial charge < -0.3 is 9.64 Å². The monoisotopic (exact) mass is 291 g/mol. The van der Waals surface area contributed by atoms with Crippen LogP contribution in [0.15, 0.2) is 29.6 Å². The van der Waals surface area contributed by atoms with Crippen LogP contribution in [0.4, 0.5) is 9.93 Å². The van der Waals surface area contributed by atoms with Crippen LogP contribution >= 0.6 is 11.3 Å². The highest BCUT2D eigenvalue weighted by Crippen LogP contribution is 2.16. The molecule has 5 nitrogen and oxygen atoms in total. The molecule has 0 saturated heterocycles. The molecule has 0 unspecified atom stereocenters. The van der Waals surface area contributed by atoms with Crippen LogP contribution in [0.25, 0.3) is 0 Å². The Labute approximate surface area is 122 Å². The summed E-state index contributed by atoms with van der Waals surface area (Å²) in [5.41, 5.74) is 1.95. The van der Waals surface area contributed by atoms with Crippen molar-refractivity contribution in [2.45, 2.75) is 13.5 Å². The molecule has 20 heavy (non-hydrogen) atoms. The number of ether oxygens (including phenoxy) is 1. The average Bonchev–Trinajstić information content (AvgIpc) is 2.85. The first kappa shape index (κ1) is 14.3. The van der Waals surface area contributed by atoms with Crippen molar-refractivity contribution in [2.24, 2.45) is 0 Å². The Hall–Kier alpha value is -2.08. The lowest BCUT2D eigenvalue weighted by atomic mass is 10.2. The molecule has 0 fully saturated rings. The maximum Gasteiger partial charge on any atom is 0.323 e. The zero-order valence-corrected chi connectivity index (χ0v) is 12.5. The summed E-state index contributed by atoms with van der Waals surface area (Å²) in [7, 11) is 3.38. The Balaban J connectivity index is 1.92. The Morgan fingerprint density at radius 1 is 1.40 bits per heavy atom. The molecule has 0 saturated carbocycles. The zero-order valence-electron chi connectivity index (χ0n) is 11.7. The number of urea groups is 1. The number of methoxy groups -OCH3 is 1. The van der Waals surface area contributed by atoms with E-state index in [9.17, 15) is 4.79 Å². The molecule has 0 aliphatic carbocycles. The van der Waals surface area contributed by atoms with Crippen LogP contribution in [0, 0.1) is 6.92 Å². The predicted molar refractivity (Wildman–Crippen MR) is 80.3 cm³/mol. The van der Waals surface area contributed by atoms with Crippen LogP contribution in [0.1, 0.15) is 11.3 Å². The number of hydrogen-bond acceptors (Lipinski definition) is 4. The van der Waals surface area contributed by atoms with E-state index in [2.05, 4.69) is 10.3 Å². The molecule has 0 spiro atoms. The third kappa shape index (κ3) is 3.71. The number of carbonyl (C=O) groups is 1. The molecule has 1 N–H and O–H groups in total. The molecule has 0 atom stereocenters. The molecule has 6 heteroatoms. The van der Waals surface area contributed by atoms with Crippen molar-refractivity contribution in [1.29, 1.82) is 0 Å². The highest BCUT2D eigenvalue weighted by Gasteiger charge is 2.11. The number of aryl methyl sites for hydroxylation is 1. The minimum Gasteiger partial charge on any atom is -0.497 e. The first-order chi connectivity index (χ1) is 9.58. The number of rotatable bonds is 4. The standard InChI is InChI=1S/C14H17N3O2S/c1-10-9-20-13(15-10)16-14(18)17(2)8-11-4-6-12(19-3)7-5-11/h4-7,9H,8H2,1-3H3,(H,15,16,18). The summed E-state index contributed by atoms with van der Waals surface area (Å²) in [5, 5.41) is 5.30. The fourth-order valence-electron chi connectivity index (χ4n) is 1.67. The number of amides is 2. The molecule has 0 radical (unpaired) electrons. The van der Waals surface area contributed by atoms with Crippen molar-refractivity contribution in [3.8, 4) is 5.75 Å². The number of benzene rings is 1. The minimum absolute atomic E-state index is 0.171. The first-order valence-electron chi connectivity index (χ1n) is 6.15. The van der Waals surface area contributed by atoms with Crippen molar-refractivity contribution >= 4 is 22.5 Å². The summed E-state index contributed by atoms with van der Waals surface area (Å²) in [6.45, 7) is 2.42. The summed E-state index contributed by atoms with van der Waals surface area (Å²) in [5.74, 6) is 0.805. The van der Waals surface area contributed by atoms with Crippen LogP contribution in [0.3, 0.4) is 0 Å². The number of thiazole rings is 1. The number of nitrogens with one attached hydrogen (secondary N) is 1. The van der Waals surface area contributed by atoms with E-state index in [-0.39, 0.29) is 6.03 Å². The number of hydrogen-bond donors (Lipinski definition) is 1. The number of carbonyl (C=O) groups excluding carboxylic acids is 1. The van der Waals surface area contributed by atoms with Gasteiger partial charge in [0.25, 0.3) is 0 Å². The van der Waals surface area contributed by atoms with Gasteiger partial charge in [-0.2, -0.15) is 0 Å². The van der Waals surface area contributed by atoms with E-state index in [4.69, 9.17) is 4.74 Å². The van der Waals surface area contributed by atoms with Gasteiger partial charge >= 0.3 is 6.03 Å². The SMILES string of the molecule is COc1ccc(CN(C)C(=O)Nc2nc(C)cs2)cc1. The van der Waals surface area contributed by atoms with Gasteiger partial charge in [-0.1, -0.05) is 12.1 Å². The maximum absolute atomic E-state index is 12.0. The molecule has 1 aromatic heterocycles. The van der Waals surface area contributed by atoms with Crippen LogP contribution in [-0.2, 0) is 6.54 Å². The van der Waals surface area contributed by atoms with E-state index in [0.717, 1.165) is 17.0 Å². The van der Waals surface area contributed by atoms with Crippen molar-refractivity contribution in [3.05, 3.63) is 40.9 Å². The second kappa shape index (κ2) is 6.38. The fourth-order valence-corrected chi connectivity index (χ4v) is 2.35. The van der Waals surface area contributed by atoms with Gasteiger partial charge in [-0.15, -0.1) is 11.3 Å². The molecule has 2 rings (SSSR count). The van der Waals surface area contributed by atoms with Gasteiger partial charge in [0.05, 0.1) is 12.8 Å². The summed E-state index contributed by atoms with van der Waals surface area (Å²) < 4.78 is 5.10. The minimum atomic E-state index is -0.171. The van der Waals surface area contributed by atoms with Gasteiger partial charge in [0.15, 0.2) is 5.13 Å². The lowest BCUT2D eigenvalue weighted by Crippen LogP contribution is -2.30. The number of nitrogens with zero attached hydrogens (tertiary/aromatic N) is 2. The van der Waals surface area contributed by atoms with Gasteiger partial charge in [0.1, 0.15) is 5.75 Å². The third-order valence-corrected chi connectivity index (χ3v) is 3.63. The maximum atomic E-state index is 12.0. The second-order valence-electron chi connectivity index (χ2n) is 4.43. The van der Waals surface area contributed by atoms with Crippen molar-refractivity contribution in [2.75, 3.05) is 19.5 Å². The largest absolute Gasteiger partial charge is 0.497 e. The third-order valence-electron chi connectivity index (χ3n) is 2.76. The topological polar surface area (TPSA) is 54.5 Å². The Morgan fingerprint density at radius 2 is 2.10 bits per heavy atom. The van der Waals surface area contributed by atoms with Crippen molar-refractivity contribution < 1.29 is 9.53 Å². The average molecular weight is 291 g/mol. The van der Waals surface area contributed by atoms with Crippen LogP contribution in [-0.4, -0.2) is 30.1 Å². The summed E-state index contributed by atoms with van der Waals surface area (Å²) in [4.78, 5) is 17.8. The Morgan fingerprint density at radius 3 is 2.65 bits per heavy atom. The normalized spacial score (nSPS) is 10.2. The zero-order chi connectivity index (χ0) is 14.5. The van der Waals surface area contributed by atoms with Gasteiger partial charge in [0, 0.05) is 19.0 Å². The molecule has 0 aliphatic rings. The first-order valence-corrected chi connectivity index (χ1v) is 7.03. The molecule has 1 aromatic carbocycles. The van der Waals surface area contributed by atoms with E-state index >= 15 is 0 Å². The van der Waals surface area contributed by atoms with Crippen molar-refractivity contribution in [3.63, 3.8) is 0 Å². The molecule has 2 amide bonds. The van der Waals surface area contributed by atoms with Gasteiger partial charge in [-0.3, -0.25) is 5.32 Å². The van der Waals surface area contributed by atoms with E-state index < -0.39 is 0 Å². The lowest BCUT2D eigenvalue weighted by Gasteiger charge is -2.17. The van der Waals surface area contributed by atoms with Crippen LogP contribution in [0.5, 0.6) is 5.75 Å². The second-order valence-corrected chi connectivity index (χ2v) is 5.29. The molecule has 1 heterocycles. The smallest absolute Gasteiger partial charge is 0.323 e. The van der Waals surface area contributed by atoms with Crippen LogP contribution in [0.2, 0.25) is 0 Å². The summed E-state index contributed by atoms with van der Waals surface area (Å²) >= 11 is 1.42. The summed E-state index contributed by atoms with van der Waals surface area (Å²) in [6.07, 6.45) is 0. The molecular formula is C14H17N3O2S. The van der Waals surface area contributed by atoms with Crippen molar-refractivity contribution in [1.82, 2.24) is 9.88 Å². The van der Waals surface area contributed by atoms with Gasteiger partial charge in [0.2, 0.25) is 0 Å². The Kier molecular flexibility index (Phi) is 4.57. The lowest BCUT2D eigenvalue weighted by molar-refractivity contribution is 0.220. The molecule has 2 aromatic rings. The van der Waals surface area contributed by atoms with E-state index in [0.29, 0.717) is 11.7 Å². The van der Waals surface area contributed by atoms with E-state index in [1.54, 1.807) is 19.1 Å². The van der Waals surface area contributed by atoms with Gasteiger partial charge in [-0.25, -0.2) is 9.78 Å². The van der Waals surface area contributed by atoms with Crippen LogP contribution < -0.4 is 10.1 Å². The number of anilines is 1. The van der Waals surface area contributed by atoms with E-state index in [1.165, 1.54) is 11.3 Å². The summed E-state index contributed by atoms with van der Waals surface area (Å²) in [6, 6.07) is 7.47. The Bertz CT molecular complexity index is 580. The highest BCUT2D eigenvalue weighted by atomic mass is 32.1. The highest BCUT2D eigenvalue weighted by molar-refractivity contribution is 7.13. The molecular weight excluding hydrogens is 274 g/mol. The molecule has 0 aliphatic heterocycles. The van der Waals surface area contributed by atoms with E-state index in [1.807, 2.05) is 36.6 Å². The molecule has 0 bridgehead atoms. The fraction of sp³-hybridized carbons (Fsp3) is 0.286. The quantitative estimate of drug-likeness (QED) is 0.941. The number of aromatic nitrogens is 1. The van der Waals surface area contributed by atoms with Gasteiger partial charge in [-0.05, 0) is 24.6 Å². The molecule has 106 valence electrons. The predicted octanol–water partition coefficient (Wildman–Crippen LogP) is 3.12.